The second-order valence-corrected chi connectivity index (χ2v) is 15.8. The number of hydrogen-bond acceptors (Lipinski definition) is 7. The molecule has 4 fully saturated rings. The number of carbonyl (C=O) groups is 6. The maximum atomic E-state index is 14.6. The number of hydrogen-bond donors (Lipinski definition) is 3. The molecule has 2 saturated heterocycles. The number of imidazole rings is 1. The summed E-state index contributed by atoms with van der Waals surface area (Å²) < 4.78 is 1.60. The van der Waals surface area contributed by atoms with Crippen molar-refractivity contribution in [3.63, 3.8) is 0 Å². The number of Topliss-reactive ketones (excluding diaryl/α,β-unsaturated/α-hetero) is 1. The minimum atomic E-state index is -0.984. The molecule has 4 aliphatic rings. The van der Waals surface area contributed by atoms with Gasteiger partial charge in [0.2, 0.25) is 23.5 Å². The van der Waals surface area contributed by atoms with Crippen molar-refractivity contribution < 1.29 is 28.8 Å². The molecule has 6 atom stereocenters. The van der Waals surface area contributed by atoms with Crippen LogP contribution in [0.25, 0.3) is 0 Å². The Hall–Kier alpha value is -3.77. The van der Waals surface area contributed by atoms with Gasteiger partial charge in [-0.2, -0.15) is 0 Å². The number of fused-ring (bicyclic) bond motifs is 2. The van der Waals surface area contributed by atoms with Gasteiger partial charge in [0.25, 0.3) is 11.8 Å². The zero-order chi connectivity index (χ0) is 35.6. The normalized spacial score (nSPS) is 24.9. The van der Waals surface area contributed by atoms with Gasteiger partial charge in [-0.05, 0) is 61.7 Å². The summed E-state index contributed by atoms with van der Waals surface area (Å²) in [5, 5.41) is 8.74. The number of aryl methyl sites for hydroxylation is 1. The maximum Gasteiger partial charge on any atom is 0.289 e. The van der Waals surface area contributed by atoms with Crippen LogP contribution in [0.5, 0.6) is 0 Å². The van der Waals surface area contributed by atoms with Crippen LogP contribution in [0.1, 0.15) is 109 Å². The number of ketones is 1. The molecule has 2 aliphatic carbocycles. The fraction of sp³-hybridized carbons (Fsp3) is 0.750. The van der Waals surface area contributed by atoms with Gasteiger partial charge in [-0.3, -0.25) is 28.8 Å². The van der Waals surface area contributed by atoms with Crippen molar-refractivity contribution in [3.05, 3.63) is 18.2 Å². The van der Waals surface area contributed by atoms with Crippen molar-refractivity contribution >= 4 is 35.3 Å². The van der Waals surface area contributed by atoms with Crippen molar-refractivity contribution in [2.45, 2.75) is 129 Å². The number of nitrogens with one attached hydrogen (secondary N) is 3. The number of nitrogens with zero attached hydrogens (tertiary/aromatic N) is 4. The lowest BCUT2D eigenvalue weighted by molar-refractivity contribution is -0.153. The molecule has 0 aromatic carbocycles. The Morgan fingerprint density at radius 3 is 2.29 bits per heavy atom. The van der Waals surface area contributed by atoms with E-state index in [1.807, 2.05) is 34.6 Å². The first kappa shape index (κ1) is 36.5. The maximum absolute atomic E-state index is 14.6. The van der Waals surface area contributed by atoms with E-state index in [1.165, 1.54) is 11.1 Å². The van der Waals surface area contributed by atoms with Gasteiger partial charge in [-0.1, -0.05) is 60.3 Å². The number of rotatable bonds is 12. The first-order chi connectivity index (χ1) is 23.2. The van der Waals surface area contributed by atoms with Crippen LogP contribution in [0, 0.1) is 23.2 Å². The first-order valence-corrected chi connectivity index (χ1v) is 18.3. The summed E-state index contributed by atoms with van der Waals surface area (Å²) in [4.78, 5) is 90.0. The quantitative estimate of drug-likeness (QED) is 0.285. The van der Waals surface area contributed by atoms with Crippen LogP contribution in [-0.4, -0.2) is 98.0 Å². The van der Waals surface area contributed by atoms with Crippen molar-refractivity contribution in [1.82, 2.24) is 35.3 Å². The third-order valence-corrected chi connectivity index (χ3v) is 11.1. The monoisotopic (exact) mass is 681 g/mol. The van der Waals surface area contributed by atoms with Gasteiger partial charge in [0.05, 0.1) is 0 Å². The fourth-order valence-electron chi connectivity index (χ4n) is 7.95. The molecule has 13 heteroatoms. The summed E-state index contributed by atoms with van der Waals surface area (Å²) >= 11 is 0. The van der Waals surface area contributed by atoms with E-state index < -0.39 is 53.1 Å². The third-order valence-electron chi connectivity index (χ3n) is 11.1. The molecule has 49 heavy (non-hydrogen) atoms. The van der Waals surface area contributed by atoms with E-state index in [-0.39, 0.29) is 41.4 Å². The Kier molecular flexibility index (Phi) is 11.2. The van der Waals surface area contributed by atoms with Crippen LogP contribution in [-0.2, 0) is 31.0 Å². The second kappa shape index (κ2) is 15.0. The molecule has 0 unspecified atom stereocenters. The van der Waals surface area contributed by atoms with Gasteiger partial charge < -0.3 is 30.3 Å². The summed E-state index contributed by atoms with van der Waals surface area (Å²) in [5.41, 5.74) is -0.728. The summed E-state index contributed by atoms with van der Waals surface area (Å²) in [6.45, 7) is 10.2. The Balaban J connectivity index is 1.37. The molecule has 0 spiro atoms. The average Bonchev–Trinajstić information content (AvgIpc) is 3.69. The van der Waals surface area contributed by atoms with Crippen molar-refractivity contribution in [2.75, 3.05) is 13.1 Å². The molecule has 5 amide bonds. The van der Waals surface area contributed by atoms with Crippen LogP contribution < -0.4 is 16.0 Å². The Morgan fingerprint density at radius 2 is 1.69 bits per heavy atom. The average molecular weight is 682 g/mol. The molecule has 1 aromatic heterocycles. The van der Waals surface area contributed by atoms with Gasteiger partial charge >= 0.3 is 0 Å². The lowest BCUT2D eigenvalue weighted by Crippen LogP contribution is -2.63. The molecule has 3 heterocycles. The Bertz CT molecular complexity index is 1420. The molecule has 2 aliphatic heterocycles. The van der Waals surface area contributed by atoms with Gasteiger partial charge in [0.15, 0.2) is 5.82 Å². The van der Waals surface area contributed by atoms with E-state index in [0.29, 0.717) is 32.4 Å². The third kappa shape index (κ3) is 8.01. The summed E-state index contributed by atoms with van der Waals surface area (Å²) in [7, 11) is 1.72. The predicted molar refractivity (Wildman–Crippen MR) is 182 cm³/mol. The van der Waals surface area contributed by atoms with Crippen molar-refractivity contribution in [2.24, 2.45) is 30.2 Å². The predicted octanol–water partition coefficient (Wildman–Crippen LogP) is 2.34. The van der Waals surface area contributed by atoms with Crippen LogP contribution in [0.3, 0.4) is 0 Å². The minimum Gasteiger partial charge on any atom is -0.347 e. The van der Waals surface area contributed by atoms with E-state index in [2.05, 4.69) is 20.9 Å². The van der Waals surface area contributed by atoms with Crippen LogP contribution in [0.2, 0.25) is 0 Å². The van der Waals surface area contributed by atoms with Crippen LogP contribution in [0.15, 0.2) is 12.4 Å². The highest BCUT2D eigenvalue weighted by Crippen LogP contribution is 2.39. The lowest BCUT2D eigenvalue weighted by atomic mass is 9.82. The molecular weight excluding hydrogens is 626 g/mol. The molecule has 3 N–H and O–H groups in total. The standard InChI is InChI=1S/C36H55N7O6/c1-7-11-25(28(44)32(46)38-24-14-15-24)42-18-16-23-20-43(27(21(23)2)34(42)48)35(49)29(36(3,4)5)40-31(45)26(22-12-9-8-10-13-22)39-33(47)30-37-17-19-41(30)6/h17,19,21-27,29H,7-16,18,20H2,1-6H3,(H,38,46)(H,39,47)(H,40,45)/t21-,23-,25-,26-,27-,29+/m0/s1. The molecule has 1 aromatic rings. The lowest BCUT2D eigenvalue weighted by Gasteiger charge is -2.40. The Morgan fingerprint density at radius 1 is 1.00 bits per heavy atom. The Labute approximate surface area is 289 Å². The van der Waals surface area contributed by atoms with Crippen molar-refractivity contribution in [1.29, 1.82) is 0 Å². The second-order valence-electron chi connectivity index (χ2n) is 15.8. The van der Waals surface area contributed by atoms with Crippen LogP contribution in [0.4, 0.5) is 0 Å². The summed E-state index contributed by atoms with van der Waals surface area (Å²) in [6.07, 6.45) is 11.0. The summed E-state index contributed by atoms with van der Waals surface area (Å²) in [5.74, 6) is -2.88. The molecule has 270 valence electrons. The van der Waals surface area contributed by atoms with E-state index in [9.17, 15) is 28.8 Å². The minimum absolute atomic E-state index is 0.0175. The van der Waals surface area contributed by atoms with E-state index >= 15 is 0 Å². The highest BCUT2D eigenvalue weighted by Gasteiger charge is 2.53. The highest BCUT2D eigenvalue weighted by molar-refractivity contribution is 6.38. The topological polar surface area (TPSA) is 163 Å². The molecule has 2 bridgehead atoms. The SMILES string of the molecule is CCC[C@@H](C(=O)C(=O)NC1CC1)N1CC[C@H]2CN(C(=O)[C@@H](NC(=O)[C@@H](NC(=O)c3nccn3C)C3CCCCC3)C(C)(C)C)[C@H](C1=O)[C@H]2C. The molecule has 2 saturated carbocycles. The van der Waals surface area contributed by atoms with Gasteiger partial charge in [0, 0.05) is 38.6 Å². The zero-order valence-corrected chi connectivity index (χ0v) is 30.0. The zero-order valence-electron chi connectivity index (χ0n) is 30.0. The number of amides is 5. The first-order valence-electron chi connectivity index (χ1n) is 18.3. The molecular formula is C36H55N7O6. The van der Waals surface area contributed by atoms with Gasteiger partial charge in [-0.25, -0.2) is 4.98 Å². The smallest absolute Gasteiger partial charge is 0.289 e. The highest BCUT2D eigenvalue weighted by atomic mass is 16.2. The molecule has 0 radical (unpaired) electrons. The number of likely N-dealkylation sites (tertiary alicyclic amines) is 2. The van der Waals surface area contributed by atoms with E-state index in [0.717, 1.165) is 44.9 Å². The van der Waals surface area contributed by atoms with Gasteiger partial charge in [-0.15, -0.1) is 0 Å². The van der Waals surface area contributed by atoms with E-state index in [1.54, 1.807) is 22.7 Å². The largest absolute Gasteiger partial charge is 0.347 e. The van der Waals surface area contributed by atoms with Crippen LogP contribution >= 0.6 is 0 Å². The number of aromatic nitrogens is 2. The van der Waals surface area contributed by atoms with E-state index in [4.69, 9.17) is 0 Å². The van der Waals surface area contributed by atoms with Crippen molar-refractivity contribution in [3.8, 4) is 0 Å². The fourth-order valence-corrected chi connectivity index (χ4v) is 7.95. The number of carbonyl (C=O) groups excluding carboxylic acids is 6. The molecule has 13 nitrogen and oxygen atoms in total. The van der Waals surface area contributed by atoms with Gasteiger partial charge in [0.1, 0.15) is 24.2 Å². The summed E-state index contributed by atoms with van der Waals surface area (Å²) in [6, 6.07) is -3.54. The molecule has 5 rings (SSSR count).